The molecule has 0 saturated heterocycles. The maximum Gasteiger partial charge on any atom is 0.343 e. The van der Waals surface area contributed by atoms with Gasteiger partial charge in [0.25, 0.3) is 0 Å². The summed E-state index contributed by atoms with van der Waals surface area (Å²) in [5.41, 5.74) is 1.76. The van der Waals surface area contributed by atoms with E-state index in [1.165, 1.54) is 24.9 Å². The minimum absolute atomic E-state index is 0.247. The van der Waals surface area contributed by atoms with Crippen LogP contribution in [0.2, 0.25) is 0 Å². The van der Waals surface area contributed by atoms with Crippen LogP contribution in [0.3, 0.4) is 0 Å². The first kappa shape index (κ1) is 16.5. The van der Waals surface area contributed by atoms with E-state index in [2.05, 4.69) is 10.1 Å². The number of aryl methyl sites for hydroxylation is 1. The molecule has 0 bridgehead atoms. The summed E-state index contributed by atoms with van der Waals surface area (Å²) in [6, 6.07) is 0. The van der Waals surface area contributed by atoms with Crippen LogP contribution in [0.4, 0.5) is 0 Å². The molecular weight excluding hydrogens is 300 g/mol. The number of esters is 2. The number of aromatic nitrogens is 3. The van der Waals surface area contributed by atoms with Crippen LogP contribution in [0.25, 0.3) is 11.7 Å². The lowest BCUT2D eigenvalue weighted by Crippen LogP contribution is -2.11. The molecule has 2 heterocycles. The van der Waals surface area contributed by atoms with Crippen LogP contribution in [0.1, 0.15) is 32.1 Å². The van der Waals surface area contributed by atoms with Crippen molar-refractivity contribution in [2.24, 2.45) is 0 Å². The Morgan fingerprint density at radius 2 is 1.87 bits per heavy atom. The van der Waals surface area contributed by atoms with Crippen LogP contribution >= 0.6 is 0 Å². The number of hydrogen-bond donors (Lipinski definition) is 0. The molecule has 2 rings (SSSR count). The molecule has 8 nitrogen and oxygen atoms in total. The van der Waals surface area contributed by atoms with Crippen molar-refractivity contribution in [2.75, 3.05) is 28.3 Å². The molecule has 0 radical (unpaired) electrons. The van der Waals surface area contributed by atoms with E-state index in [0.717, 1.165) is 0 Å². The fourth-order valence-corrected chi connectivity index (χ4v) is 2.10. The zero-order chi connectivity index (χ0) is 17.1. The minimum Gasteiger partial charge on any atom is -0.465 e. The maximum absolute atomic E-state index is 12.0. The fourth-order valence-electron chi connectivity index (χ4n) is 2.10. The molecule has 0 aliphatic heterocycles. The van der Waals surface area contributed by atoms with Crippen LogP contribution in [-0.4, -0.2) is 59.8 Å². The Balaban J connectivity index is 2.79. The van der Waals surface area contributed by atoms with Crippen LogP contribution in [0.15, 0.2) is 12.4 Å². The highest BCUT2D eigenvalue weighted by molar-refractivity contribution is 5.98. The van der Waals surface area contributed by atoms with Crippen LogP contribution in [0.5, 0.6) is 0 Å². The smallest absolute Gasteiger partial charge is 0.343 e. The van der Waals surface area contributed by atoms with E-state index in [1.807, 2.05) is 19.0 Å². The van der Waals surface area contributed by atoms with Crippen molar-refractivity contribution >= 4 is 23.7 Å². The summed E-state index contributed by atoms with van der Waals surface area (Å²) in [6.45, 7) is 1.68. The molecule has 0 aromatic carbocycles. The lowest BCUT2D eigenvalue weighted by molar-refractivity contribution is 0.0592. The average Bonchev–Trinajstić information content (AvgIpc) is 2.86. The number of carbonyl (C=O) groups is 2. The van der Waals surface area contributed by atoms with E-state index < -0.39 is 11.9 Å². The Bertz CT molecular complexity index is 792. The molecule has 0 spiro atoms. The molecule has 122 valence electrons. The quantitative estimate of drug-likeness (QED) is 0.781. The minimum atomic E-state index is -0.537. The molecule has 0 fully saturated rings. The molecule has 0 aliphatic rings. The van der Waals surface area contributed by atoms with E-state index in [0.29, 0.717) is 17.0 Å². The standard InChI is InChI=1S/C15H18N4O4/c1-9-12(15(21)23-5)13-16-8-10(14(20)22-4)11(19(13)17-9)6-7-18(2)3/h6-8H,1-5H3/b7-6+. The van der Waals surface area contributed by atoms with Crippen molar-refractivity contribution in [3.63, 3.8) is 0 Å². The second-order valence-electron chi connectivity index (χ2n) is 5.02. The first-order valence-electron chi connectivity index (χ1n) is 6.80. The Morgan fingerprint density at radius 1 is 1.22 bits per heavy atom. The van der Waals surface area contributed by atoms with Gasteiger partial charge in [-0.1, -0.05) is 0 Å². The van der Waals surface area contributed by atoms with E-state index in [4.69, 9.17) is 9.47 Å². The largest absolute Gasteiger partial charge is 0.465 e. The average molecular weight is 318 g/mol. The SMILES string of the molecule is COC(=O)c1cnc2c(C(=O)OC)c(C)nn2c1/C=C/N(C)C. The normalized spacial score (nSPS) is 11.0. The fraction of sp³-hybridized carbons (Fsp3) is 0.333. The van der Waals surface area contributed by atoms with Gasteiger partial charge < -0.3 is 14.4 Å². The van der Waals surface area contributed by atoms with Crippen molar-refractivity contribution < 1.29 is 19.1 Å². The lowest BCUT2D eigenvalue weighted by Gasteiger charge is -2.08. The van der Waals surface area contributed by atoms with Crippen molar-refractivity contribution in [1.82, 2.24) is 19.5 Å². The second kappa shape index (κ2) is 6.47. The third-order valence-corrected chi connectivity index (χ3v) is 3.18. The molecule has 0 atom stereocenters. The van der Waals surface area contributed by atoms with Gasteiger partial charge in [0.05, 0.1) is 25.6 Å². The van der Waals surface area contributed by atoms with Gasteiger partial charge in [-0.15, -0.1) is 0 Å². The zero-order valence-electron chi connectivity index (χ0n) is 13.7. The number of ether oxygens (including phenoxy) is 2. The highest BCUT2D eigenvalue weighted by atomic mass is 16.5. The number of methoxy groups -OCH3 is 2. The summed E-state index contributed by atoms with van der Waals surface area (Å²) in [6.07, 6.45) is 4.83. The van der Waals surface area contributed by atoms with Crippen LogP contribution in [-0.2, 0) is 9.47 Å². The highest BCUT2D eigenvalue weighted by Crippen LogP contribution is 2.20. The molecule has 2 aromatic rings. The summed E-state index contributed by atoms with van der Waals surface area (Å²) in [7, 11) is 6.28. The predicted octanol–water partition coefficient (Wildman–Crippen LogP) is 1.14. The molecule has 0 amide bonds. The third-order valence-electron chi connectivity index (χ3n) is 3.18. The van der Waals surface area contributed by atoms with Gasteiger partial charge in [-0.25, -0.2) is 19.1 Å². The van der Waals surface area contributed by atoms with Crippen molar-refractivity contribution in [1.29, 1.82) is 0 Å². The molecule has 0 unspecified atom stereocenters. The first-order chi connectivity index (χ1) is 10.9. The van der Waals surface area contributed by atoms with Gasteiger partial charge in [-0.2, -0.15) is 5.10 Å². The summed E-state index contributed by atoms with van der Waals surface area (Å²) in [5, 5.41) is 4.31. The summed E-state index contributed by atoms with van der Waals surface area (Å²) in [4.78, 5) is 29.9. The predicted molar refractivity (Wildman–Crippen MR) is 83.1 cm³/mol. The van der Waals surface area contributed by atoms with E-state index in [-0.39, 0.29) is 11.1 Å². The van der Waals surface area contributed by atoms with Crippen LogP contribution < -0.4 is 0 Å². The van der Waals surface area contributed by atoms with E-state index in [9.17, 15) is 9.59 Å². The molecule has 0 saturated carbocycles. The van der Waals surface area contributed by atoms with Crippen LogP contribution in [0, 0.1) is 6.92 Å². The Labute approximate surface area is 133 Å². The highest BCUT2D eigenvalue weighted by Gasteiger charge is 2.23. The Morgan fingerprint density at radius 3 is 2.43 bits per heavy atom. The number of fused-ring (bicyclic) bond motifs is 1. The molecule has 23 heavy (non-hydrogen) atoms. The number of rotatable bonds is 4. The molecule has 0 N–H and O–H groups in total. The van der Waals surface area contributed by atoms with Gasteiger partial charge in [0.2, 0.25) is 0 Å². The van der Waals surface area contributed by atoms with Gasteiger partial charge in [-0.3, -0.25) is 0 Å². The first-order valence-corrected chi connectivity index (χ1v) is 6.80. The summed E-state index contributed by atoms with van der Waals surface area (Å²) in [5.74, 6) is -1.07. The number of carbonyl (C=O) groups excluding carboxylic acids is 2. The van der Waals surface area contributed by atoms with Crippen molar-refractivity contribution in [2.45, 2.75) is 6.92 Å². The van der Waals surface area contributed by atoms with Crippen molar-refractivity contribution in [3.05, 3.63) is 34.9 Å². The molecule has 8 heteroatoms. The summed E-state index contributed by atoms with van der Waals surface area (Å²) < 4.78 is 11.0. The molecular formula is C15H18N4O4. The Kier molecular flexibility index (Phi) is 4.63. The van der Waals surface area contributed by atoms with E-state index in [1.54, 1.807) is 19.2 Å². The second-order valence-corrected chi connectivity index (χ2v) is 5.02. The Hall–Kier alpha value is -2.90. The maximum atomic E-state index is 12.0. The molecule has 0 aliphatic carbocycles. The van der Waals surface area contributed by atoms with Gasteiger partial charge in [0.15, 0.2) is 5.65 Å². The summed E-state index contributed by atoms with van der Waals surface area (Å²) >= 11 is 0. The number of hydrogen-bond acceptors (Lipinski definition) is 7. The van der Waals surface area contributed by atoms with Gasteiger partial charge in [0, 0.05) is 26.5 Å². The van der Waals surface area contributed by atoms with Crippen molar-refractivity contribution in [3.8, 4) is 0 Å². The molecule has 2 aromatic heterocycles. The van der Waals surface area contributed by atoms with Gasteiger partial charge in [0.1, 0.15) is 11.1 Å². The number of nitrogens with zero attached hydrogens (tertiary/aromatic N) is 4. The topological polar surface area (TPSA) is 86.0 Å². The van der Waals surface area contributed by atoms with Gasteiger partial charge >= 0.3 is 11.9 Å². The van der Waals surface area contributed by atoms with E-state index >= 15 is 0 Å². The zero-order valence-corrected chi connectivity index (χ0v) is 13.7. The third kappa shape index (κ3) is 3.01. The lowest BCUT2D eigenvalue weighted by atomic mass is 10.2. The monoisotopic (exact) mass is 318 g/mol. The van der Waals surface area contributed by atoms with Gasteiger partial charge in [-0.05, 0) is 13.0 Å².